The number of quaternary nitrogens is 1. The number of hydrogen-bond donors (Lipinski definition) is 1. The lowest BCUT2D eigenvalue weighted by atomic mass is 10.0. The molecule has 0 aromatic heterocycles. The van der Waals surface area contributed by atoms with Crippen molar-refractivity contribution in [1.82, 2.24) is 5.32 Å². The van der Waals surface area contributed by atoms with Crippen LogP contribution in [0.3, 0.4) is 0 Å². The largest absolute Gasteiger partial charge is 0.756 e. The van der Waals surface area contributed by atoms with Gasteiger partial charge in [0, 0.05) is 12.8 Å². The van der Waals surface area contributed by atoms with E-state index >= 15 is 0 Å². The number of hydrogen-bond acceptors (Lipinski definition) is 7. The molecule has 0 fully saturated rings. The fraction of sp³-hybridized carbons (Fsp3) is 0.846. The summed E-state index contributed by atoms with van der Waals surface area (Å²) in [6, 6.07) is -0.896. The van der Waals surface area contributed by atoms with Crippen LogP contribution in [0.2, 0.25) is 0 Å². The van der Waals surface area contributed by atoms with Crippen LogP contribution < -0.4 is 10.2 Å². The average Bonchev–Trinajstić information content (AvgIpc) is 3.37. The predicted octanol–water partition coefficient (Wildman–Crippen LogP) is 19.0. The SMILES string of the molecule is CC/C=C/C=C/C=C\CCCCCCCC(=O)NC(COP(=O)([O-])OCC[N+](C)(C)C)C(/C=C\CCCCCCCCCCC)OC(=O)CCCCCCCCCCCCCCCCCCCCCCCCCCC. The minimum Gasteiger partial charge on any atom is -0.756 e. The Morgan fingerprint density at radius 3 is 1.27 bits per heavy atom. The highest BCUT2D eigenvalue weighted by molar-refractivity contribution is 7.45. The average molecular weight is 1080 g/mol. The number of esters is 1. The van der Waals surface area contributed by atoms with Gasteiger partial charge in [-0.1, -0.05) is 288 Å². The molecule has 0 aromatic rings. The van der Waals surface area contributed by atoms with Gasteiger partial charge in [0.1, 0.15) is 19.3 Å². The number of phosphoric ester groups is 1. The highest BCUT2D eigenvalue weighted by atomic mass is 31.2. The number of nitrogens with zero attached hydrogens (tertiary/aromatic N) is 1. The molecule has 0 saturated heterocycles. The van der Waals surface area contributed by atoms with Crippen molar-refractivity contribution in [3.05, 3.63) is 48.6 Å². The summed E-state index contributed by atoms with van der Waals surface area (Å²) < 4.78 is 30.3. The maximum Gasteiger partial charge on any atom is 0.306 e. The standard InChI is InChI=1S/C65H123N2O7P/c1-7-10-13-16-19-22-25-27-28-29-30-31-32-33-34-35-36-37-38-40-43-46-49-52-55-58-65(69)74-63(56-53-50-47-44-41-24-21-18-15-12-9-3)62(61-73-75(70,71)72-60-59-67(4,5)6)66-64(68)57-54-51-48-45-42-39-26-23-20-17-14-11-8-2/h11,14,17,20,23,26,53,56,62-63H,7-10,12-13,15-16,18-19,21-22,24-25,27-52,54-55,57-61H2,1-6H3,(H-,66,68,70,71)/b14-11+,20-17+,26-23-,56-53-. The highest BCUT2D eigenvalue weighted by Crippen LogP contribution is 2.38. The summed E-state index contributed by atoms with van der Waals surface area (Å²) in [6.45, 7) is 6.72. The Balaban J connectivity index is 5.02. The second-order valence-electron chi connectivity index (χ2n) is 23.0. The lowest BCUT2D eigenvalue weighted by Crippen LogP contribution is -2.47. The molecule has 0 spiro atoms. The number of carbonyl (C=O) groups excluding carboxylic acids is 2. The van der Waals surface area contributed by atoms with E-state index in [1.807, 2.05) is 33.3 Å². The van der Waals surface area contributed by atoms with Gasteiger partial charge in [-0.3, -0.25) is 14.2 Å². The van der Waals surface area contributed by atoms with Crippen molar-refractivity contribution < 1.29 is 37.3 Å². The molecule has 1 N–H and O–H groups in total. The molecular weight excluding hydrogens is 952 g/mol. The van der Waals surface area contributed by atoms with Gasteiger partial charge in [-0.05, 0) is 51.0 Å². The van der Waals surface area contributed by atoms with Crippen molar-refractivity contribution >= 4 is 19.7 Å². The lowest BCUT2D eigenvalue weighted by molar-refractivity contribution is -0.870. The number of ether oxygens (including phenoxy) is 1. The number of carbonyl (C=O) groups is 2. The summed E-state index contributed by atoms with van der Waals surface area (Å²) in [6.07, 6.45) is 68.2. The van der Waals surface area contributed by atoms with Gasteiger partial charge in [-0.25, -0.2) is 0 Å². The van der Waals surface area contributed by atoms with Crippen LogP contribution in [0.25, 0.3) is 0 Å². The van der Waals surface area contributed by atoms with E-state index in [-0.39, 0.29) is 24.9 Å². The van der Waals surface area contributed by atoms with Crippen LogP contribution in [0.1, 0.15) is 303 Å². The zero-order valence-corrected chi connectivity index (χ0v) is 51.2. The molecule has 0 radical (unpaired) electrons. The summed E-state index contributed by atoms with van der Waals surface area (Å²) in [5.74, 6) is -0.555. The van der Waals surface area contributed by atoms with E-state index in [4.69, 9.17) is 13.8 Å². The van der Waals surface area contributed by atoms with E-state index in [1.165, 1.54) is 186 Å². The molecule has 0 heterocycles. The molecule has 0 aliphatic heterocycles. The number of unbranched alkanes of at least 4 members (excludes halogenated alkanes) is 38. The van der Waals surface area contributed by atoms with Gasteiger partial charge in [-0.2, -0.15) is 0 Å². The van der Waals surface area contributed by atoms with Crippen molar-refractivity contribution in [2.75, 3.05) is 40.9 Å². The third kappa shape index (κ3) is 56.5. The predicted molar refractivity (Wildman–Crippen MR) is 321 cm³/mol. The first-order valence-electron chi connectivity index (χ1n) is 32.0. The van der Waals surface area contributed by atoms with Gasteiger partial charge in [0.2, 0.25) is 5.91 Å². The Labute approximate surface area is 465 Å². The molecule has 3 unspecified atom stereocenters. The number of nitrogens with one attached hydrogen (secondary N) is 1. The van der Waals surface area contributed by atoms with Gasteiger partial charge >= 0.3 is 5.97 Å². The van der Waals surface area contributed by atoms with Gasteiger partial charge in [0.05, 0.1) is 33.8 Å². The van der Waals surface area contributed by atoms with Gasteiger partial charge < -0.3 is 28.5 Å². The number of allylic oxidation sites excluding steroid dienone is 7. The van der Waals surface area contributed by atoms with Gasteiger partial charge in [0.15, 0.2) is 0 Å². The molecule has 10 heteroatoms. The van der Waals surface area contributed by atoms with Crippen molar-refractivity contribution in [2.24, 2.45) is 0 Å². The Bertz CT molecular complexity index is 1420. The fourth-order valence-corrected chi connectivity index (χ4v) is 10.1. The maximum atomic E-state index is 13.5. The Morgan fingerprint density at radius 2 is 0.853 bits per heavy atom. The smallest absolute Gasteiger partial charge is 0.306 e. The van der Waals surface area contributed by atoms with Crippen LogP contribution in [0.5, 0.6) is 0 Å². The van der Waals surface area contributed by atoms with E-state index in [2.05, 4.69) is 62.5 Å². The molecule has 0 bridgehead atoms. The van der Waals surface area contributed by atoms with Crippen LogP contribution in [-0.2, 0) is 27.9 Å². The number of likely N-dealkylation sites (N-methyl/N-ethyl adjacent to an activating group) is 1. The molecule has 0 aliphatic rings. The van der Waals surface area contributed by atoms with E-state index in [1.54, 1.807) is 0 Å². The summed E-state index contributed by atoms with van der Waals surface area (Å²) in [5, 5.41) is 3.01. The molecule has 0 aromatic carbocycles. The molecular formula is C65H123N2O7P. The zero-order chi connectivity index (χ0) is 55.0. The van der Waals surface area contributed by atoms with E-state index in [0.29, 0.717) is 23.9 Å². The number of amides is 1. The second kappa shape index (κ2) is 55.3. The zero-order valence-electron chi connectivity index (χ0n) is 50.3. The Morgan fingerprint density at radius 1 is 0.480 bits per heavy atom. The third-order valence-electron chi connectivity index (χ3n) is 14.3. The Hall–Kier alpha value is -2.03. The fourth-order valence-electron chi connectivity index (χ4n) is 9.41. The molecule has 75 heavy (non-hydrogen) atoms. The summed E-state index contributed by atoms with van der Waals surface area (Å²) in [5.41, 5.74) is 0. The summed E-state index contributed by atoms with van der Waals surface area (Å²) in [4.78, 5) is 39.9. The molecule has 1 amide bonds. The molecule has 9 nitrogen and oxygen atoms in total. The van der Waals surface area contributed by atoms with E-state index in [0.717, 1.165) is 77.0 Å². The van der Waals surface area contributed by atoms with Gasteiger partial charge in [-0.15, -0.1) is 0 Å². The van der Waals surface area contributed by atoms with Crippen molar-refractivity contribution in [3.8, 4) is 0 Å². The molecule has 440 valence electrons. The van der Waals surface area contributed by atoms with Crippen LogP contribution in [0.15, 0.2) is 48.6 Å². The lowest BCUT2D eigenvalue weighted by Gasteiger charge is -2.30. The second-order valence-corrected chi connectivity index (χ2v) is 24.4. The minimum atomic E-state index is -4.70. The summed E-state index contributed by atoms with van der Waals surface area (Å²) >= 11 is 0. The Kier molecular flexibility index (Phi) is 53.8. The highest BCUT2D eigenvalue weighted by Gasteiger charge is 2.27. The number of rotatable bonds is 58. The van der Waals surface area contributed by atoms with E-state index in [9.17, 15) is 19.0 Å². The topological polar surface area (TPSA) is 114 Å². The minimum absolute atomic E-state index is 0.0258. The van der Waals surface area contributed by atoms with E-state index < -0.39 is 26.6 Å². The quantitative estimate of drug-likeness (QED) is 0.0161. The molecule has 3 atom stereocenters. The van der Waals surface area contributed by atoms with Crippen LogP contribution in [-0.4, -0.2) is 69.4 Å². The van der Waals surface area contributed by atoms with Crippen molar-refractivity contribution in [3.63, 3.8) is 0 Å². The first kappa shape index (κ1) is 73.0. The first-order valence-corrected chi connectivity index (χ1v) is 33.4. The van der Waals surface area contributed by atoms with Crippen molar-refractivity contribution in [2.45, 2.75) is 315 Å². The first-order chi connectivity index (χ1) is 36.4. The van der Waals surface area contributed by atoms with Crippen LogP contribution in [0, 0.1) is 0 Å². The monoisotopic (exact) mass is 1070 g/mol. The molecule has 0 aliphatic carbocycles. The maximum absolute atomic E-state index is 13.5. The van der Waals surface area contributed by atoms with Gasteiger partial charge in [0.25, 0.3) is 7.82 Å². The normalized spacial score (nSPS) is 14.0. The van der Waals surface area contributed by atoms with Crippen LogP contribution in [0.4, 0.5) is 0 Å². The van der Waals surface area contributed by atoms with Crippen molar-refractivity contribution in [1.29, 1.82) is 0 Å². The molecule has 0 saturated carbocycles. The third-order valence-corrected chi connectivity index (χ3v) is 15.3. The number of phosphoric acid groups is 1. The summed E-state index contributed by atoms with van der Waals surface area (Å²) in [7, 11) is 1.18. The molecule has 0 rings (SSSR count). The van der Waals surface area contributed by atoms with Crippen LogP contribution >= 0.6 is 7.82 Å².